The molecule has 1 aromatic carbocycles. The number of esters is 2. The normalized spacial score (nSPS) is 10.7. The van der Waals surface area contributed by atoms with Crippen molar-refractivity contribution in [3.8, 4) is 5.75 Å². The maximum atomic E-state index is 12.9. The molecule has 3 aromatic rings. The molecule has 0 aliphatic rings. The van der Waals surface area contributed by atoms with Crippen LogP contribution in [0.25, 0.3) is 0 Å². The summed E-state index contributed by atoms with van der Waals surface area (Å²) in [7, 11) is 2.27. The molecule has 168 valence electrons. The van der Waals surface area contributed by atoms with Crippen LogP contribution in [0.5, 0.6) is 5.75 Å². The van der Waals surface area contributed by atoms with Crippen molar-refractivity contribution in [2.45, 2.75) is 20.4 Å². The van der Waals surface area contributed by atoms with Gasteiger partial charge in [-0.05, 0) is 31.5 Å². The summed E-state index contributed by atoms with van der Waals surface area (Å²) in [5.74, 6) is -2.92. The number of hydrogen-bond donors (Lipinski definition) is 0. The van der Waals surface area contributed by atoms with Gasteiger partial charge in [0.25, 0.3) is 5.76 Å². The number of aromatic nitrogens is 2. The van der Waals surface area contributed by atoms with Crippen LogP contribution < -0.4 is 4.74 Å². The molecule has 0 bridgehead atoms. The highest BCUT2D eigenvalue weighted by Crippen LogP contribution is 2.26. The Kier molecular flexibility index (Phi) is 6.99. The van der Waals surface area contributed by atoms with Gasteiger partial charge in [-0.3, -0.25) is 4.79 Å². The summed E-state index contributed by atoms with van der Waals surface area (Å²) < 4.78 is 21.5. The van der Waals surface area contributed by atoms with E-state index in [1.165, 1.54) is 0 Å². The highest BCUT2D eigenvalue weighted by molar-refractivity contribution is 6.31. The first kappa shape index (κ1) is 23.1. The van der Waals surface area contributed by atoms with Crippen LogP contribution in [0.4, 0.5) is 0 Å². The summed E-state index contributed by atoms with van der Waals surface area (Å²) in [6.45, 7) is 3.73. The van der Waals surface area contributed by atoms with Crippen molar-refractivity contribution in [3.05, 3.63) is 69.3 Å². The van der Waals surface area contributed by atoms with E-state index in [9.17, 15) is 14.4 Å². The second-order valence-electron chi connectivity index (χ2n) is 6.85. The molecule has 2 aromatic heterocycles. The van der Waals surface area contributed by atoms with Gasteiger partial charge in [-0.2, -0.15) is 0 Å². The van der Waals surface area contributed by atoms with Gasteiger partial charge >= 0.3 is 11.9 Å². The third-order valence-electron chi connectivity index (χ3n) is 4.91. The first-order chi connectivity index (χ1) is 15.3. The molecule has 9 nitrogen and oxygen atoms in total. The molecule has 0 atom stereocenters. The third-order valence-corrected chi connectivity index (χ3v) is 5.28. The van der Waals surface area contributed by atoms with E-state index in [2.05, 4.69) is 14.6 Å². The zero-order chi connectivity index (χ0) is 23.4. The van der Waals surface area contributed by atoms with Gasteiger partial charge in [0.15, 0.2) is 6.61 Å². The molecule has 32 heavy (non-hydrogen) atoms. The molecule has 0 saturated heterocycles. The van der Waals surface area contributed by atoms with Gasteiger partial charge in [0.2, 0.25) is 17.2 Å². The highest BCUT2D eigenvalue weighted by atomic mass is 35.5. The number of nitrogens with zero attached hydrogens (tertiary/aromatic N) is 2. The number of aryl methyl sites for hydroxylation is 1. The van der Waals surface area contributed by atoms with Crippen molar-refractivity contribution in [3.63, 3.8) is 0 Å². The number of rotatable bonds is 8. The van der Waals surface area contributed by atoms with Crippen molar-refractivity contribution >= 4 is 29.3 Å². The zero-order valence-corrected chi connectivity index (χ0v) is 18.7. The van der Waals surface area contributed by atoms with E-state index in [1.54, 1.807) is 6.07 Å². The van der Waals surface area contributed by atoms with Crippen LogP contribution in [-0.2, 0) is 16.0 Å². The lowest BCUT2D eigenvalue weighted by Gasteiger charge is -2.11. The molecule has 0 saturated carbocycles. The van der Waals surface area contributed by atoms with Crippen LogP contribution >= 0.6 is 11.6 Å². The molecule has 0 fully saturated rings. The van der Waals surface area contributed by atoms with Crippen LogP contribution in [-0.4, -0.2) is 48.3 Å². The topological polar surface area (TPSA) is 110 Å². The summed E-state index contributed by atoms with van der Waals surface area (Å²) in [6.07, 6.45) is 0. The fraction of sp³-hybridized carbons (Fsp3) is 0.273. The van der Waals surface area contributed by atoms with Crippen LogP contribution in [0.15, 0.2) is 34.9 Å². The third kappa shape index (κ3) is 4.52. The molecule has 0 radical (unpaired) electrons. The molecule has 3 rings (SSSR count). The highest BCUT2D eigenvalue weighted by Gasteiger charge is 2.30. The lowest BCUT2D eigenvalue weighted by Crippen LogP contribution is -2.16. The minimum atomic E-state index is -0.909. The molecule has 2 heterocycles. The van der Waals surface area contributed by atoms with E-state index in [1.807, 2.05) is 42.7 Å². The van der Waals surface area contributed by atoms with Gasteiger partial charge in [0.1, 0.15) is 0 Å². The van der Waals surface area contributed by atoms with E-state index >= 15 is 0 Å². The molecule has 0 unspecified atom stereocenters. The number of benzene rings is 1. The van der Waals surface area contributed by atoms with E-state index in [-0.39, 0.29) is 17.2 Å². The Morgan fingerprint density at radius 2 is 1.78 bits per heavy atom. The largest absolute Gasteiger partial charge is 0.479 e. The van der Waals surface area contributed by atoms with Crippen LogP contribution in [0.2, 0.25) is 5.02 Å². The minimum absolute atomic E-state index is 0.318. The molecule has 0 amide bonds. The lowest BCUT2D eigenvalue weighted by atomic mass is 10.1. The summed E-state index contributed by atoms with van der Waals surface area (Å²) in [5, 5.41) is 4.13. The molecule has 0 aliphatic heterocycles. The Hall–Kier alpha value is -3.59. The average molecular weight is 461 g/mol. The van der Waals surface area contributed by atoms with Gasteiger partial charge < -0.3 is 23.3 Å². The van der Waals surface area contributed by atoms with Crippen molar-refractivity contribution < 1.29 is 33.1 Å². The predicted molar refractivity (Wildman–Crippen MR) is 113 cm³/mol. The van der Waals surface area contributed by atoms with Crippen molar-refractivity contribution in [1.29, 1.82) is 0 Å². The van der Waals surface area contributed by atoms with Crippen LogP contribution in [0.3, 0.4) is 0 Å². The first-order valence-electron chi connectivity index (χ1n) is 9.50. The molecule has 10 heteroatoms. The van der Waals surface area contributed by atoms with Crippen molar-refractivity contribution in [2.24, 2.45) is 0 Å². The van der Waals surface area contributed by atoms with Crippen molar-refractivity contribution in [1.82, 2.24) is 9.72 Å². The monoisotopic (exact) mass is 460 g/mol. The number of halogens is 1. The number of ether oxygens (including phenoxy) is 3. The fourth-order valence-corrected chi connectivity index (χ4v) is 3.40. The Bertz CT molecular complexity index is 1150. The lowest BCUT2D eigenvalue weighted by molar-refractivity contribution is 0.0543. The number of Topliss-reactive ketones (excluding diaryl/α,β-unsaturated/α-hetero) is 1. The number of methoxy groups -OCH3 is 2. The average Bonchev–Trinajstić information content (AvgIpc) is 3.34. The summed E-state index contributed by atoms with van der Waals surface area (Å²) in [5.41, 5.74) is 2.57. The van der Waals surface area contributed by atoms with Crippen molar-refractivity contribution in [2.75, 3.05) is 20.8 Å². The quantitative estimate of drug-likeness (QED) is 0.370. The van der Waals surface area contributed by atoms with E-state index < -0.39 is 24.3 Å². The van der Waals surface area contributed by atoms with E-state index in [4.69, 9.17) is 20.9 Å². The van der Waals surface area contributed by atoms with Gasteiger partial charge in [0, 0.05) is 28.5 Å². The van der Waals surface area contributed by atoms with Gasteiger partial charge in [0.05, 0.1) is 14.2 Å². The summed E-state index contributed by atoms with van der Waals surface area (Å²) in [4.78, 5) is 36.7. The molecule has 0 aliphatic carbocycles. The zero-order valence-electron chi connectivity index (χ0n) is 17.9. The number of carbonyl (C=O) groups excluding carboxylic acids is 3. The van der Waals surface area contributed by atoms with E-state index in [0.29, 0.717) is 17.1 Å². The maximum Gasteiger partial charge on any atom is 0.380 e. The fourth-order valence-electron chi connectivity index (χ4n) is 3.20. The van der Waals surface area contributed by atoms with Gasteiger partial charge in [-0.1, -0.05) is 35.0 Å². The predicted octanol–water partition coefficient (Wildman–Crippen LogP) is 3.63. The molecular formula is C22H21ClN2O7. The van der Waals surface area contributed by atoms with Gasteiger partial charge in [-0.15, -0.1) is 0 Å². The molecular weight excluding hydrogens is 440 g/mol. The van der Waals surface area contributed by atoms with Gasteiger partial charge in [-0.25, -0.2) is 9.59 Å². The Morgan fingerprint density at radius 3 is 2.44 bits per heavy atom. The molecule has 0 spiro atoms. The Balaban J connectivity index is 1.83. The number of ketones is 1. The Labute approximate surface area is 188 Å². The SMILES string of the molecule is COC(=O)c1noc(C(=O)OC)c1OCC(=O)c1cc(C)n(Cc2ccccc2Cl)c1C. The standard InChI is InChI=1S/C22H21ClN2O7/c1-12-9-15(13(2)25(12)10-14-7-5-6-8-16(14)23)17(26)11-31-19-18(21(27)29-3)24-32-20(19)22(28)30-4/h5-9H,10-11H2,1-4H3. The summed E-state index contributed by atoms with van der Waals surface area (Å²) >= 11 is 6.27. The number of carbonyl (C=O) groups is 3. The molecule has 0 N–H and O–H groups in total. The number of hydrogen-bond acceptors (Lipinski definition) is 8. The smallest absolute Gasteiger partial charge is 0.380 e. The first-order valence-corrected chi connectivity index (χ1v) is 9.88. The van der Waals surface area contributed by atoms with Crippen LogP contribution in [0.1, 0.15) is 48.4 Å². The second kappa shape index (κ2) is 9.69. The maximum absolute atomic E-state index is 12.9. The second-order valence-corrected chi connectivity index (χ2v) is 7.25. The van der Waals surface area contributed by atoms with E-state index in [0.717, 1.165) is 31.2 Å². The summed E-state index contributed by atoms with van der Waals surface area (Å²) in [6, 6.07) is 9.21. The van der Waals surface area contributed by atoms with Crippen LogP contribution in [0, 0.1) is 13.8 Å². The minimum Gasteiger partial charge on any atom is -0.479 e. The Morgan fingerprint density at radius 1 is 1.09 bits per heavy atom.